The summed E-state index contributed by atoms with van der Waals surface area (Å²) in [7, 11) is -1.67. The van der Waals surface area contributed by atoms with Crippen LogP contribution in [-0.2, 0) is 21.7 Å². The average molecular weight is 634 g/mol. The first-order valence-electron chi connectivity index (χ1n) is 14.9. The maximum absolute atomic E-state index is 3.73. The van der Waals surface area contributed by atoms with Gasteiger partial charge in [-0.25, -0.2) is 11.1 Å². The van der Waals surface area contributed by atoms with Gasteiger partial charge in [0.25, 0.3) is 0 Å². The van der Waals surface area contributed by atoms with Gasteiger partial charge >= 0.3 is 21.7 Å². The van der Waals surface area contributed by atoms with E-state index in [2.05, 4.69) is 70.6 Å². The van der Waals surface area contributed by atoms with E-state index in [1.807, 2.05) is 0 Å². The molecule has 0 heterocycles. The molecule has 216 valence electrons. The molecule has 5 heteroatoms. The normalized spacial score (nSPS) is 15.9. The first-order valence-corrected chi connectivity index (χ1v) is 17.6. The van der Waals surface area contributed by atoms with Crippen LogP contribution in [0.5, 0.6) is 0 Å². The Balaban J connectivity index is -0.00000306. The van der Waals surface area contributed by atoms with E-state index in [1.165, 1.54) is 114 Å². The Labute approximate surface area is 272 Å². The van der Waals surface area contributed by atoms with E-state index in [0.717, 1.165) is 0 Å². The topological polar surface area (TPSA) is 0 Å². The Morgan fingerprint density at radius 3 is 1.42 bits per heavy atom. The molecule has 2 atom stereocenters. The van der Waals surface area contributed by atoms with Gasteiger partial charge in [0.15, 0.2) is 0 Å². The molecule has 0 nitrogen and oxygen atoms in total. The van der Waals surface area contributed by atoms with Crippen molar-refractivity contribution in [2.24, 2.45) is 5.92 Å². The van der Waals surface area contributed by atoms with Crippen molar-refractivity contribution in [2.75, 3.05) is 0 Å². The summed E-state index contributed by atoms with van der Waals surface area (Å²) in [5.74, 6) is 0.498. The van der Waals surface area contributed by atoms with Crippen molar-refractivity contribution < 1.29 is 58.9 Å². The molecule has 0 fully saturated rings. The molecule has 0 N–H and O–H groups in total. The van der Waals surface area contributed by atoms with Crippen molar-refractivity contribution in [1.82, 2.24) is 0 Å². The van der Waals surface area contributed by atoms with Crippen LogP contribution in [0.15, 0.2) is 46.7 Å². The van der Waals surface area contributed by atoms with Gasteiger partial charge < -0.3 is 37.2 Å². The van der Waals surface area contributed by atoms with Gasteiger partial charge in [-0.15, -0.1) is 6.92 Å². The molecule has 1 aliphatic rings. The van der Waals surface area contributed by atoms with Crippen molar-refractivity contribution in [2.45, 2.75) is 143 Å². The largest absolute Gasteiger partial charge is 4.00 e. The van der Waals surface area contributed by atoms with E-state index in [1.54, 1.807) is 16.0 Å². The van der Waals surface area contributed by atoms with Crippen molar-refractivity contribution in [3.8, 4) is 0 Å². The van der Waals surface area contributed by atoms with Crippen LogP contribution in [0.3, 0.4) is 0 Å². The van der Waals surface area contributed by atoms with Crippen LogP contribution in [0.2, 0.25) is 12.6 Å². The zero-order valence-corrected chi connectivity index (χ0v) is 29.9. The minimum atomic E-state index is -1.67. The van der Waals surface area contributed by atoms with E-state index in [0.29, 0.717) is 5.92 Å². The molecule has 0 amide bonds. The molecule has 0 aliphatic heterocycles. The zero-order chi connectivity index (χ0) is 24.7. The maximum Gasteiger partial charge on any atom is 4.00 e. The second-order valence-electron chi connectivity index (χ2n) is 11.3. The summed E-state index contributed by atoms with van der Waals surface area (Å²) in [6.45, 7) is 11.9. The number of hydrogen-bond acceptors (Lipinski definition) is 0. The number of unbranched alkanes of at least 4 members (excludes halogenated alkanes) is 15. The van der Waals surface area contributed by atoms with E-state index in [9.17, 15) is 0 Å². The molecule has 0 aromatic heterocycles. The predicted octanol–water partition coefficient (Wildman–Crippen LogP) is 1.50. The molecule has 38 heavy (non-hydrogen) atoms. The third-order valence-electron chi connectivity index (χ3n) is 8.37. The van der Waals surface area contributed by atoms with Crippen LogP contribution in [0.25, 0.3) is 0 Å². The minimum Gasteiger partial charge on any atom is -1.00 e. The summed E-state index contributed by atoms with van der Waals surface area (Å²) >= 11 is 0. The minimum absolute atomic E-state index is 0. The van der Waals surface area contributed by atoms with Crippen LogP contribution in [0, 0.1) is 12.0 Å². The van der Waals surface area contributed by atoms with Crippen LogP contribution in [-0.4, -0.2) is 8.07 Å². The summed E-state index contributed by atoms with van der Waals surface area (Å²) in [6.07, 6.45) is 26.8. The fourth-order valence-electron chi connectivity index (χ4n) is 6.19. The Kier molecular flexibility index (Phi) is 28.5. The summed E-state index contributed by atoms with van der Waals surface area (Å²) in [6, 6.07) is 12.9. The maximum atomic E-state index is 3.73. The van der Waals surface area contributed by atoms with Crippen LogP contribution in [0.1, 0.15) is 130 Å². The zero-order valence-electron chi connectivity index (χ0n) is 25.1. The average Bonchev–Trinajstić information content (AvgIpc) is 3.10. The number of rotatable bonds is 19. The van der Waals surface area contributed by atoms with Gasteiger partial charge in [0.1, 0.15) is 0 Å². The number of hydrogen-bond donors (Lipinski definition) is 0. The molecule has 0 saturated carbocycles. The third-order valence-corrected chi connectivity index (χ3v) is 13.3. The van der Waals surface area contributed by atoms with Crippen LogP contribution >= 0.6 is 0 Å². The van der Waals surface area contributed by atoms with Crippen LogP contribution in [0.4, 0.5) is 0 Å². The molecule has 0 spiro atoms. The number of halogens is 3. The Bertz CT molecular complexity index is 750. The van der Waals surface area contributed by atoms with Gasteiger partial charge in [0.2, 0.25) is 0 Å². The third kappa shape index (κ3) is 14.9. The first kappa shape index (κ1) is 43.0. The van der Waals surface area contributed by atoms with Crippen molar-refractivity contribution in [3.05, 3.63) is 52.8 Å². The number of allylic oxidation sites excluding steroid dienone is 4. The SMILES string of the molecule is CCCCCCCCCCCCCCCCCC[Si](C)(C1=C(C)C(C)=[C-]C1C)c1ccccc1.[Cl-].[Cl-].[Cl-].[Ti+4]. The van der Waals surface area contributed by atoms with Gasteiger partial charge in [-0.2, -0.15) is 5.20 Å². The monoisotopic (exact) mass is 632 g/mol. The van der Waals surface area contributed by atoms with Crippen LogP contribution < -0.4 is 42.4 Å². The fourth-order valence-corrected chi connectivity index (χ4v) is 11.0. The van der Waals surface area contributed by atoms with Gasteiger partial charge in [0, 0.05) is 0 Å². The van der Waals surface area contributed by atoms with Crippen molar-refractivity contribution >= 4 is 13.3 Å². The summed E-state index contributed by atoms with van der Waals surface area (Å²) < 4.78 is 0. The summed E-state index contributed by atoms with van der Waals surface area (Å²) in [5, 5.41) is 3.37. The quantitative estimate of drug-likeness (QED) is 0.123. The molecule has 1 aromatic carbocycles. The van der Waals surface area contributed by atoms with Gasteiger partial charge in [-0.1, -0.05) is 178 Å². The molecular formula is C33H55Cl3SiTi. The van der Waals surface area contributed by atoms with E-state index < -0.39 is 8.07 Å². The Morgan fingerprint density at radius 1 is 0.658 bits per heavy atom. The molecule has 0 bridgehead atoms. The molecule has 2 unspecified atom stereocenters. The second-order valence-corrected chi connectivity index (χ2v) is 15.6. The number of benzene rings is 1. The summed E-state index contributed by atoms with van der Waals surface area (Å²) in [4.78, 5) is 0. The Hall–Kier alpha value is 0.501. The molecule has 0 radical (unpaired) electrons. The van der Waals surface area contributed by atoms with E-state index in [4.69, 9.17) is 0 Å². The van der Waals surface area contributed by atoms with E-state index >= 15 is 0 Å². The standard InChI is InChI=1S/C33H55Si.3ClH.Ti/c1-6-7-8-9-10-11-12-13-14-15-16-17-18-19-20-24-27-34(5,32-25-22-21-23-26-32)33-30(3)28-29(2)31(33)4;;;;/h21-23,25-26,30H,6-20,24,27H2,1-5H3;3*1H;/q-1;;;;+4/p-3. The molecular weight excluding hydrogens is 579 g/mol. The van der Waals surface area contributed by atoms with Gasteiger partial charge in [0.05, 0.1) is 8.07 Å². The second kappa shape index (κ2) is 25.2. The molecule has 1 aromatic rings. The molecule has 1 aliphatic carbocycles. The predicted molar refractivity (Wildman–Crippen MR) is 156 cm³/mol. The van der Waals surface area contributed by atoms with E-state index in [-0.39, 0.29) is 58.9 Å². The van der Waals surface area contributed by atoms with Crippen molar-refractivity contribution in [1.29, 1.82) is 0 Å². The fraction of sp³-hybridized carbons (Fsp3) is 0.697. The van der Waals surface area contributed by atoms with Gasteiger partial charge in [-0.3, -0.25) is 6.08 Å². The Morgan fingerprint density at radius 2 is 1.05 bits per heavy atom. The van der Waals surface area contributed by atoms with Gasteiger partial charge in [-0.05, 0) is 0 Å². The molecule has 0 saturated heterocycles. The first-order chi connectivity index (χ1) is 16.5. The van der Waals surface area contributed by atoms with Crippen molar-refractivity contribution in [3.63, 3.8) is 0 Å². The molecule has 2 rings (SSSR count). The summed E-state index contributed by atoms with van der Waals surface area (Å²) in [5.41, 5.74) is 2.94. The smallest absolute Gasteiger partial charge is 1.00 e.